The van der Waals surface area contributed by atoms with Crippen molar-refractivity contribution in [2.75, 3.05) is 51.9 Å². The average molecular weight is 416 g/mol. The fourth-order valence-electron chi connectivity index (χ4n) is 2.52. The van der Waals surface area contributed by atoms with Gasteiger partial charge in [0, 0.05) is 31.1 Å². The number of nitrogens with zero attached hydrogens (tertiary/aromatic N) is 2. The van der Waals surface area contributed by atoms with Gasteiger partial charge in [0.2, 0.25) is 0 Å². The average Bonchev–Trinajstić information content (AvgIpc) is 3.10. The summed E-state index contributed by atoms with van der Waals surface area (Å²) in [6.07, 6.45) is 0. The van der Waals surface area contributed by atoms with Crippen molar-refractivity contribution in [2.24, 2.45) is 0 Å². The van der Waals surface area contributed by atoms with E-state index in [1.165, 1.54) is 18.4 Å². The molecule has 1 aromatic heterocycles. The van der Waals surface area contributed by atoms with Gasteiger partial charge >= 0.3 is 5.97 Å². The highest BCUT2D eigenvalue weighted by molar-refractivity contribution is 7.13. The van der Waals surface area contributed by atoms with Crippen molar-refractivity contribution >= 4 is 30.8 Å². The lowest BCUT2D eigenvalue weighted by Gasteiger charge is -2.40. The molecule has 1 fully saturated rings. The molecule has 0 aliphatic carbocycles. The third-order valence-electron chi connectivity index (χ3n) is 5.39. The minimum atomic E-state index is -1.82. The monoisotopic (exact) mass is 415 g/mol. The van der Waals surface area contributed by atoms with Crippen LogP contribution in [0.4, 0.5) is 5.13 Å². The number of carbonyl (C=O) groups is 1. The summed E-state index contributed by atoms with van der Waals surface area (Å²) in [5.41, 5.74) is 0.338. The van der Waals surface area contributed by atoms with E-state index in [0.717, 1.165) is 31.4 Å². The van der Waals surface area contributed by atoms with Gasteiger partial charge in [-0.1, -0.05) is 20.8 Å². The predicted octanol–water partition coefficient (Wildman–Crippen LogP) is 3.06. The molecule has 0 spiro atoms. The van der Waals surface area contributed by atoms with Crippen LogP contribution < -0.4 is 5.32 Å². The van der Waals surface area contributed by atoms with E-state index in [1.54, 1.807) is 5.38 Å². The molecular formula is C18H33N3O4SSi. The molecule has 1 aromatic rings. The van der Waals surface area contributed by atoms with E-state index in [4.69, 9.17) is 13.9 Å². The van der Waals surface area contributed by atoms with E-state index in [9.17, 15) is 4.79 Å². The van der Waals surface area contributed by atoms with Gasteiger partial charge in [-0.3, -0.25) is 4.90 Å². The van der Waals surface area contributed by atoms with Crippen molar-refractivity contribution in [2.45, 2.75) is 44.9 Å². The first-order valence-corrected chi connectivity index (χ1v) is 13.2. The smallest absolute Gasteiger partial charge is 0.357 e. The molecule has 1 saturated heterocycles. The number of rotatable bonds is 8. The van der Waals surface area contributed by atoms with Gasteiger partial charge < -0.3 is 19.2 Å². The van der Waals surface area contributed by atoms with E-state index in [0.29, 0.717) is 18.8 Å². The molecule has 0 saturated carbocycles. The highest BCUT2D eigenvalue weighted by atomic mass is 32.1. The Labute approximate surface area is 167 Å². The largest absolute Gasteiger partial charge is 0.464 e. The Morgan fingerprint density at radius 3 is 2.67 bits per heavy atom. The van der Waals surface area contributed by atoms with Crippen LogP contribution in [0.3, 0.4) is 0 Å². The lowest BCUT2D eigenvalue weighted by Crippen LogP contribution is -2.51. The van der Waals surface area contributed by atoms with Crippen molar-refractivity contribution in [1.82, 2.24) is 9.88 Å². The zero-order valence-corrected chi connectivity index (χ0v) is 19.1. The summed E-state index contributed by atoms with van der Waals surface area (Å²) < 4.78 is 16.7. The first kappa shape index (κ1) is 22.3. The maximum atomic E-state index is 11.6. The number of carbonyl (C=O) groups excluding carboxylic acids is 1. The molecule has 1 N–H and O–H groups in total. The highest BCUT2D eigenvalue weighted by Crippen LogP contribution is 2.36. The third-order valence-corrected chi connectivity index (χ3v) is 10.7. The predicted molar refractivity (Wildman–Crippen MR) is 111 cm³/mol. The molecule has 0 amide bonds. The Morgan fingerprint density at radius 2 is 2.07 bits per heavy atom. The van der Waals surface area contributed by atoms with Gasteiger partial charge in [0.05, 0.1) is 26.9 Å². The van der Waals surface area contributed by atoms with E-state index in [-0.39, 0.29) is 11.1 Å². The molecule has 1 atom stereocenters. The van der Waals surface area contributed by atoms with Crippen molar-refractivity contribution < 1.29 is 18.7 Å². The van der Waals surface area contributed by atoms with Crippen LogP contribution in [0.25, 0.3) is 0 Å². The summed E-state index contributed by atoms with van der Waals surface area (Å²) in [4.78, 5) is 18.3. The van der Waals surface area contributed by atoms with Crippen molar-refractivity contribution in [3.05, 3.63) is 11.1 Å². The first-order chi connectivity index (χ1) is 12.6. The number of methoxy groups -OCH3 is 1. The van der Waals surface area contributed by atoms with E-state index >= 15 is 0 Å². The second-order valence-corrected chi connectivity index (χ2v) is 14.0. The van der Waals surface area contributed by atoms with Gasteiger partial charge in [-0.2, -0.15) is 0 Å². The normalized spacial score (nSPS) is 17.6. The van der Waals surface area contributed by atoms with Crippen LogP contribution in [-0.2, 0) is 13.9 Å². The quantitative estimate of drug-likeness (QED) is 0.517. The van der Waals surface area contributed by atoms with Crippen LogP contribution in [0.1, 0.15) is 31.3 Å². The molecule has 1 unspecified atom stereocenters. The molecule has 7 nitrogen and oxygen atoms in total. The maximum absolute atomic E-state index is 11.6. The van der Waals surface area contributed by atoms with Gasteiger partial charge in [-0.05, 0) is 18.1 Å². The molecule has 2 rings (SSSR count). The van der Waals surface area contributed by atoms with Gasteiger partial charge in [-0.25, -0.2) is 9.78 Å². The maximum Gasteiger partial charge on any atom is 0.357 e. The van der Waals surface area contributed by atoms with E-state index in [2.05, 4.69) is 49.1 Å². The zero-order valence-electron chi connectivity index (χ0n) is 17.3. The SMILES string of the molecule is COC(=O)c1csc(NCC(CO[Si](C)(C)C(C)(C)C)N2CCOCC2)n1. The van der Waals surface area contributed by atoms with Crippen LogP contribution in [0.2, 0.25) is 18.1 Å². The zero-order chi connectivity index (χ0) is 20.1. The van der Waals surface area contributed by atoms with Gasteiger partial charge in [-0.15, -0.1) is 11.3 Å². The van der Waals surface area contributed by atoms with Crippen LogP contribution >= 0.6 is 11.3 Å². The fraction of sp³-hybridized carbons (Fsp3) is 0.778. The summed E-state index contributed by atoms with van der Waals surface area (Å²) in [7, 11) is -0.453. The molecule has 1 aliphatic rings. The van der Waals surface area contributed by atoms with Crippen LogP contribution in [0, 0.1) is 0 Å². The molecular weight excluding hydrogens is 382 g/mol. The third kappa shape index (κ3) is 6.25. The summed E-state index contributed by atoms with van der Waals surface area (Å²) in [6, 6.07) is 0.230. The number of hydrogen-bond donors (Lipinski definition) is 1. The summed E-state index contributed by atoms with van der Waals surface area (Å²) >= 11 is 1.41. The molecule has 1 aliphatic heterocycles. The molecule has 2 heterocycles. The van der Waals surface area contributed by atoms with Crippen LogP contribution in [-0.4, -0.2) is 76.8 Å². The topological polar surface area (TPSA) is 72.9 Å². The number of anilines is 1. The number of hydrogen-bond acceptors (Lipinski definition) is 8. The van der Waals surface area contributed by atoms with Crippen molar-refractivity contribution in [3.63, 3.8) is 0 Å². The lowest BCUT2D eigenvalue weighted by atomic mass is 10.2. The Kier molecular flexibility index (Phi) is 7.81. The van der Waals surface area contributed by atoms with Crippen LogP contribution in [0.15, 0.2) is 5.38 Å². The lowest BCUT2D eigenvalue weighted by molar-refractivity contribution is 0.00789. The van der Waals surface area contributed by atoms with Crippen molar-refractivity contribution in [1.29, 1.82) is 0 Å². The van der Waals surface area contributed by atoms with Crippen LogP contribution in [0.5, 0.6) is 0 Å². The Hall–Kier alpha value is -1.00. The molecule has 154 valence electrons. The number of thiazole rings is 1. The number of esters is 1. The van der Waals surface area contributed by atoms with Gasteiger partial charge in [0.15, 0.2) is 19.1 Å². The Morgan fingerprint density at radius 1 is 1.41 bits per heavy atom. The second kappa shape index (κ2) is 9.47. The second-order valence-electron chi connectivity index (χ2n) is 8.28. The molecule has 0 aromatic carbocycles. The first-order valence-electron chi connectivity index (χ1n) is 9.37. The Bertz CT molecular complexity index is 612. The number of nitrogens with one attached hydrogen (secondary N) is 1. The molecule has 9 heteroatoms. The molecule has 0 radical (unpaired) electrons. The van der Waals surface area contributed by atoms with Crippen molar-refractivity contribution in [3.8, 4) is 0 Å². The number of morpholine rings is 1. The molecule has 27 heavy (non-hydrogen) atoms. The van der Waals surface area contributed by atoms with E-state index < -0.39 is 14.3 Å². The highest BCUT2D eigenvalue weighted by Gasteiger charge is 2.38. The van der Waals surface area contributed by atoms with Gasteiger partial charge in [0.1, 0.15) is 0 Å². The summed E-state index contributed by atoms with van der Waals surface area (Å²) in [5, 5.41) is 5.99. The van der Waals surface area contributed by atoms with Gasteiger partial charge in [0.25, 0.3) is 0 Å². The fourth-order valence-corrected chi connectivity index (χ4v) is 4.25. The minimum absolute atomic E-state index is 0.181. The summed E-state index contributed by atoms with van der Waals surface area (Å²) in [5.74, 6) is -0.412. The van der Waals surface area contributed by atoms with E-state index in [1.807, 2.05) is 0 Å². The number of aromatic nitrogens is 1. The Balaban J connectivity index is 1.99. The standard InChI is InChI=1S/C18H33N3O4SSi/c1-18(2,3)27(5,6)25-12-14(21-7-9-24-10-8-21)11-19-17-20-15(13-26-17)16(22)23-4/h13-14H,7-12H2,1-6H3,(H,19,20). The molecule has 0 bridgehead atoms. The minimum Gasteiger partial charge on any atom is -0.464 e. The number of ether oxygens (including phenoxy) is 2. The summed E-state index contributed by atoms with van der Waals surface area (Å²) in [6.45, 7) is 16.0.